The Balaban J connectivity index is 1.80. The van der Waals surface area contributed by atoms with Crippen LogP contribution in [0.15, 0.2) is 77.7 Å². The number of sulfonamides is 1. The number of nitrogen functional groups attached to an aromatic ring is 2. The normalized spacial score (nSPS) is 12.6. The third-order valence-corrected chi connectivity index (χ3v) is 5.75. The highest BCUT2D eigenvalue weighted by Crippen LogP contribution is 2.29. The Kier molecular flexibility index (Phi) is 5.73. The minimum atomic E-state index is -3.55. The van der Waals surface area contributed by atoms with Crippen LogP contribution in [0.25, 0.3) is 0 Å². The van der Waals surface area contributed by atoms with Crippen LogP contribution < -0.4 is 16.2 Å². The Morgan fingerprint density at radius 2 is 1.41 bits per heavy atom. The third kappa shape index (κ3) is 4.84. The van der Waals surface area contributed by atoms with E-state index in [1.165, 1.54) is 0 Å². The highest BCUT2D eigenvalue weighted by atomic mass is 32.2. The van der Waals surface area contributed by atoms with E-state index in [9.17, 15) is 8.42 Å². The lowest BCUT2D eigenvalue weighted by Crippen LogP contribution is -2.26. The number of nitrogens with two attached hydrogens (primary N) is 2. The number of nitrogens with one attached hydrogen (secondary N) is 1. The molecule has 5 N–H and O–H groups in total. The van der Waals surface area contributed by atoms with Gasteiger partial charge >= 0.3 is 0 Å². The van der Waals surface area contributed by atoms with Crippen molar-refractivity contribution in [3.63, 3.8) is 0 Å². The Morgan fingerprint density at radius 1 is 0.852 bits per heavy atom. The van der Waals surface area contributed by atoms with E-state index in [0.717, 1.165) is 11.1 Å². The number of hydrogen-bond donors (Lipinski definition) is 3. The average molecular weight is 382 g/mol. The largest absolute Gasteiger partial charge is 0.384 e. The zero-order valence-electron chi connectivity index (χ0n) is 14.7. The maximum Gasteiger partial charge on any atom is 0.240 e. The van der Waals surface area contributed by atoms with Gasteiger partial charge in [-0.3, -0.25) is 0 Å². The van der Waals surface area contributed by atoms with Crippen molar-refractivity contribution >= 4 is 21.7 Å². The zero-order chi connectivity index (χ0) is 19.3. The van der Waals surface area contributed by atoms with Crippen molar-refractivity contribution in [1.82, 2.24) is 9.71 Å². The van der Waals surface area contributed by atoms with Crippen LogP contribution in [0, 0.1) is 0 Å². The standard InChI is InChI=1S/C20H22N4O2S/c21-19-13-16(14-20(22)24-19)18(15-7-3-1-4-8-15)11-12-23-27(25,26)17-9-5-2-6-10-17/h1-10,13-14,18,23H,11-12H2,(H4,21,22,24). The lowest BCUT2D eigenvalue weighted by molar-refractivity contribution is 0.575. The first-order valence-electron chi connectivity index (χ1n) is 8.58. The Hall–Kier alpha value is -2.90. The lowest BCUT2D eigenvalue weighted by atomic mass is 9.89. The van der Waals surface area contributed by atoms with Gasteiger partial charge in [0, 0.05) is 12.5 Å². The summed E-state index contributed by atoms with van der Waals surface area (Å²) in [4.78, 5) is 4.26. The molecule has 1 aromatic heterocycles. The van der Waals surface area contributed by atoms with Crippen molar-refractivity contribution in [2.75, 3.05) is 18.0 Å². The van der Waals surface area contributed by atoms with Gasteiger partial charge in [-0.2, -0.15) is 0 Å². The molecule has 7 heteroatoms. The molecule has 3 rings (SSSR count). The number of rotatable bonds is 7. The molecule has 0 bridgehead atoms. The van der Waals surface area contributed by atoms with E-state index in [1.807, 2.05) is 30.3 Å². The number of anilines is 2. The summed E-state index contributed by atoms with van der Waals surface area (Å²) < 4.78 is 27.5. The van der Waals surface area contributed by atoms with Gasteiger partial charge in [-0.25, -0.2) is 18.1 Å². The van der Waals surface area contributed by atoms with Gasteiger partial charge in [0.2, 0.25) is 10.0 Å². The van der Waals surface area contributed by atoms with Gasteiger partial charge in [0.25, 0.3) is 0 Å². The fourth-order valence-electron chi connectivity index (χ4n) is 3.03. The second-order valence-electron chi connectivity index (χ2n) is 6.21. The van der Waals surface area contributed by atoms with Crippen LogP contribution in [-0.4, -0.2) is 19.9 Å². The van der Waals surface area contributed by atoms with E-state index >= 15 is 0 Å². The van der Waals surface area contributed by atoms with E-state index in [0.29, 0.717) is 18.1 Å². The molecule has 6 nitrogen and oxygen atoms in total. The van der Waals surface area contributed by atoms with Crippen LogP contribution in [-0.2, 0) is 10.0 Å². The van der Waals surface area contributed by atoms with E-state index in [4.69, 9.17) is 11.5 Å². The number of hydrogen-bond acceptors (Lipinski definition) is 5. The highest BCUT2D eigenvalue weighted by molar-refractivity contribution is 7.89. The van der Waals surface area contributed by atoms with E-state index in [2.05, 4.69) is 9.71 Å². The lowest BCUT2D eigenvalue weighted by Gasteiger charge is -2.19. The van der Waals surface area contributed by atoms with Gasteiger partial charge in [-0.15, -0.1) is 0 Å². The van der Waals surface area contributed by atoms with Crippen molar-refractivity contribution in [3.05, 3.63) is 83.9 Å². The van der Waals surface area contributed by atoms with Crippen molar-refractivity contribution in [2.24, 2.45) is 0 Å². The van der Waals surface area contributed by atoms with Crippen LogP contribution >= 0.6 is 0 Å². The summed E-state index contributed by atoms with van der Waals surface area (Å²) in [6.07, 6.45) is 0.555. The molecule has 2 aromatic carbocycles. The predicted molar refractivity (Wildman–Crippen MR) is 108 cm³/mol. The van der Waals surface area contributed by atoms with Crippen molar-refractivity contribution in [1.29, 1.82) is 0 Å². The van der Waals surface area contributed by atoms with Gasteiger partial charge in [0.15, 0.2) is 0 Å². The second kappa shape index (κ2) is 8.20. The van der Waals surface area contributed by atoms with Gasteiger partial charge in [-0.05, 0) is 41.8 Å². The van der Waals surface area contributed by atoms with Crippen LogP contribution in [0.2, 0.25) is 0 Å². The molecule has 0 saturated heterocycles. The quantitative estimate of drug-likeness (QED) is 0.582. The zero-order valence-corrected chi connectivity index (χ0v) is 15.6. The number of pyridine rings is 1. The fraction of sp³-hybridized carbons (Fsp3) is 0.150. The maximum atomic E-state index is 12.4. The SMILES string of the molecule is Nc1cc(C(CCNS(=O)(=O)c2ccccc2)c2ccccc2)cc(N)n1. The summed E-state index contributed by atoms with van der Waals surface area (Å²) in [5.74, 6) is 0.629. The molecule has 0 fully saturated rings. The molecule has 1 unspecified atom stereocenters. The van der Waals surface area contributed by atoms with Gasteiger partial charge in [-0.1, -0.05) is 48.5 Å². The van der Waals surface area contributed by atoms with Crippen LogP contribution in [0.4, 0.5) is 11.6 Å². The Morgan fingerprint density at radius 3 is 2.00 bits per heavy atom. The van der Waals surface area contributed by atoms with Gasteiger partial charge < -0.3 is 11.5 Å². The van der Waals surface area contributed by atoms with Crippen LogP contribution in [0.1, 0.15) is 23.5 Å². The van der Waals surface area contributed by atoms with E-state index in [-0.39, 0.29) is 17.4 Å². The number of nitrogens with zero attached hydrogens (tertiary/aromatic N) is 1. The first-order chi connectivity index (χ1) is 13.0. The van der Waals surface area contributed by atoms with Crippen molar-refractivity contribution in [2.45, 2.75) is 17.2 Å². The topological polar surface area (TPSA) is 111 Å². The molecule has 3 aromatic rings. The van der Waals surface area contributed by atoms with Gasteiger partial charge in [0.05, 0.1) is 4.90 Å². The summed E-state index contributed by atoms with van der Waals surface area (Å²) in [5, 5.41) is 0. The summed E-state index contributed by atoms with van der Waals surface area (Å²) in [6, 6.07) is 21.7. The van der Waals surface area contributed by atoms with E-state index < -0.39 is 10.0 Å². The number of benzene rings is 2. The summed E-state index contributed by atoms with van der Waals surface area (Å²) in [7, 11) is -3.55. The summed E-state index contributed by atoms with van der Waals surface area (Å²) in [5.41, 5.74) is 13.7. The molecule has 140 valence electrons. The smallest absolute Gasteiger partial charge is 0.240 e. The molecule has 0 saturated carbocycles. The Bertz CT molecular complexity index is 973. The molecule has 0 amide bonds. The molecule has 1 heterocycles. The minimum absolute atomic E-state index is 0.0581. The fourth-order valence-corrected chi connectivity index (χ4v) is 4.10. The molecule has 1 atom stereocenters. The minimum Gasteiger partial charge on any atom is -0.384 e. The van der Waals surface area contributed by atoms with Crippen molar-refractivity contribution < 1.29 is 8.42 Å². The molecule has 0 radical (unpaired) electrons. The molecular formula is C20H22N4O2S. The molecule has 0 aliphatic rings. The summed E-state index contributed by atoms with van der Waals surface area (Å²) >= 11 is 0. The Labute approximate surface area is 159 Å². The summed E-state index contributed by atoms with van der Waals surface area (Å²) in [6.45, 7) is 0.277. The van der Waals surface area contributed by atoms with Crippen LogP contribution in [0.5, 0.6) is 0 Å². The van der Waals surface area contributed by atoms with Crippen molar-refractivity contribution in [3.8, 4) is 0 Å². The maximum absolute atomic E-state index is 12.4. The molecule has 0 spiro atoms. The first-order valence-corrected chi connectivity index (χ1v) is 10.1. The van der Waals surface area contributed by atoms with Crippen LogP contribution in [0.3, 0.4) is 0 Å². The average Bonchev–Trinajstić information content (AvgIpc) is 2.66. The van der Waals surface area contributed by atoms with E-state index in [1.54, 1.807) is 42.5 Å². The molecular weight excluding hydrogens is 360 g/mol. The third-order valence-electron chi connectivity index (χ3n) is 4.27. The highest BCUT2D eigenvalue weighted by Gasteiger charge is 2.18. The molecule has 0 aliphatic heterocycles. The monoisotopic (exact) mass is 382 g/mol. The van der Waals surface area contributed by atoms with Gasteiger partial charge in [0.1, 0.15) is 11.6 Å². The first kappa shape index (κ1) is 18.9. The molecule has 27 heavy (non-hydrogen) atoms. The number of aromatic nitrogens is 1. The molecule has 0 aliphatic carbocycles. The predicted octanol–water partition coefficient (Wildman–Crippen LogP) is 2.75. The second-order valence-corrected chi connectivity index (χ2v) is 7.98.